The lowest BCUT2D eigenvalue weighted by atomic mass is 9.85. The van der Waals surface area contributed by atoms with Gasteiger partial charge in [-0.25, -0.2) is 0 Å². The van der Waals surface area contributed by atoms with Crippen molar-refractivity contribution in [3.63, 3.8) is 0 Å². The number of aliphatic hydroxyl groups excluding tert-OH is 1. The van der Waals surface area contributed by atoms with Gasteiger partial charge in [-0.15, -0.1) is 0 Å². The molecule has 19 heavy (non-hydrogen) atoms. The molecule has 5 heteroatoms. The molecule has 1 saturated carbocycles. The van der Waals surface area contributed by atoms with Crippen molar-refractivity contribution < 1.29 is 9.90 Å². The van der Waals surface area contributed by atoms with Crippen LogP contribution in [0.1, 0.15) is 37.1 Å². The normalized spacial score (nSPS) is 23.3. The van der Waals surface area contributed by atoms with Crippen LogP contribution in [-0.4, -0.2) is 33.4 Å². The molecule has 1 aromatic heterocycles. The van der Waals surface area contributed by atoms with Crippen LogP contribution in [0.4, 0.5) is 0 Å². The lowest BCUT2D eigenvalue weighted by Gasteiger charge is -2.30. The van der Waals surface area contributed by atoms with Crippen LogP contribution in [0, 0.1) is 19.8 Å². The number of nitrogens with one attached hydrogen (secondary N) is 1. The van der Waals surface area contributed by atoms with Gasteiger partial charge in [0.15, 0.2) is 0 Å². The maximum Gasteiger partial charge on any atom is 0.241 e. The van der Waals surface area contributed by atoms with Gasteiger partial charge in [0.1, 0.15) is 6.54 Å². The Labute approximate surface area is 114 Å². The topological polar surface area (TPSA) is 67.2 Å². The lowest BCUT2D eigenvalue weighted by Crippen LogP contribution is -2.44. The van der Waals surface area contributed by atoms with Gasteiger partial charge in [0.05, 0.1) is 5.69 Å². The highest BCUT2D eigenvalue weighted by molar-refractivity contribution is 5.76. The fourth-order valence-corrected chi connectivity index (χ4v) is 2.84. The number of nitrogens with zero attached hydrogens (tertiary/aromatic N) is 2. The van der Waals surface area contributed by atoms with Gasteiger partial charge < -0.3 is 10.4 Å². The number of carbonyl (C=O) groups excluding carboxylic acids is 1. The quantitative estimate of drug-likeness (QED) is 0.858. The van der Waals surface area contributed by atoms with Crippen molar-refractivity contribution in [1.29, 1.82) is 0 Å². The first-order valence-corrected chi connectivity index (χ1v) is 7.01. The average Bonchev–Trinajstić information content (AvgIpc) is 2.68. The third kappa shape index (κ3) is 3.56. The van der Waals surface area contributed by atoms with E-state index < -0.39 is 0 Å². The molecule has 1 aromatic rings. The van der Waals surface area contributed by atoms with E-state index in [0.29, 0.717) is 0 Å². The number of rotatable bonds is 4. The number of aliphatic hydroxyl groups is 1. The Bertz CT molecular complexity index is 442. The summed E-state index contributed by atoms with van der Waals surface area (Å²) in [5.74, 6) is 0.190. The molecule has 1 fully saturated rings. The van der Waals surface area contributed by atoms with Gasteiger partial charge >= 0.3 is 0 Å². The zero-order chi connectivity index (χ0) is 13.8. The molecule has 2 rings (SSSR count). The summed E-state index contributed by atoms with van der Waals surface area (Å²) < 4.78 is 1.72. The number of carbonyl (C=O) groups is 1. The number of aromatic nitrogens is 2. The van der Waals surface area contributed by atoms with Crippen molar-refractivity contribution in [2.45, 2.75) is 52.1 Å². The van der Waals surface area contributed by atoms with Crippen molar-refractivity contribution >= 4 is 5.91 Å². The van der Waals surface area contributed by atoms with Gasteiger partial charge in [-0.05, 0) is 32.8 Å². The van der Waals surface area contributed by atoms with Gasteiger partial charge in [-0.2, -0.15) is 5.10 Å². The Morgan fingerprint density at radius 3 is 2.84 bits per heavy atom. The summed E-state index contributed by atoms with van der Waals surface area (Å²) in [4.78, 5) is 12.1. The Morgan fingerprint density at radius 2 is 2.21 bits per heavy atom. The molecule has 0 aromatic carbocycles. The molecule has 1 aliphatic rings. The molecule has 0 saturated heterocycles. The van der Waals surface area contributed by atoms with Crippen molar-refractivity contribution in [2.24, 2.45) is 5.92 Å². The minimum atomic E-state index is -0.0171. The maximum absolute atomic E-state index is 12.1. The SMILES string of the molecule is Cc1cc(C)n(CC(=O)NC2CCCCC2CO)n1. The van der Waals surface area contributed by atoms with Crippen LogP contribution in [-0.2, 0) is 11.3 Å². The fraction of sp³-hybridized carbons (Fsp3) is 0.714. The highest BCUT2D eigenvalue weighted by Gasteiger charge is 2.25. The standard InChI is InChI=1S/C14H23N3O2/c1-10-7-11(2)17(16-10)8-14(19)15-13-6-4-3-5-12(13)9-18/h7,12-13,18H,3-6,8-9H2,1-2H3,(H,15,19). The second kappa shape index (κ2) is 6.19. The smallest absolute Gasteiger partial charge is 0.241 e. The summed E-state index contributed by atoms with van der Waals surface area (Å²) in [5.41, 5.74) is 1.92. The predicted molar refractivity (Wildman–Crippen MR) is 72.7 cm³/mol. The Hall–Kier alpha value is -1.36. The highest BCUT2D eigenvalue weighted by atomic mass is 16.3. The summed E-state index contributed by atoms with van der Waals surface area (Å²) in [7, 11) is 0. The molecule has 1 heterocycles. The Kier molecular flexibility index (Phi) is 4.58. The second-order valence-electron chi connectivity index (χ2n) is 5.49. The molecule has 2 N–H and O–H groups in total. The summed E-state index contributed by atoms with van der Waals surface area (Å²) in [5, 5.41) is 16.7. The Morgan fingerprint density at radius 1 is 1.47 bits per heavy atom. The van der Waals surface area contributed by atoms with E-state index in [0.717, 1.165) is 37.1 Å². The number of amides is 1. The minimum Gasteiger partial charge on any atom is -0.396 e. The summed E-state index contributed by atoms with van der Waals surface area (Å²) in [6.45, 7) is 4.29. The highest BCUT2D eigenvalue weighted by Crippen LogP contribution is 2.23. The van der Waals surface area contributed by atoms with E-state index in [2.05, 4.69) is 10.4 Å². The molecule has 1 aliphatic carbocycles. The predicted octanol–water partition coefficient (Wildman–Crippen LogP) is 1.17. The minimum absolute atomic E-state index is 0.0171. The van der Waals surface area contributed by atoms with Crippen LogP contribution >= 0.6 is 0 Å². The van der Waals surface area contributed by atoms with Gasteiger partial charge in [0, 0.05) is 24.3 Å². The molecule has 0 bridgehead atoms. The summed E-state index contributed by atoms with van der Waals surface area (Å²) >= 11 is 0. The molecular formula is C14H23N3O2. The van der Waals surface area contributed by atoms with Gasteiger partial charge in [0.25, 0.3) is 0 Å². The van der Waals surface area contributed by atoms with Crippen molar-refractivity contribution in [3.05, 3.63) is 17.5 Å². The van der Waals surface area contributed by atoms with Gasteiger partial charge in [0.2, 0.25) is 5.91 Å². The third-order valence-electron chi connectivity index (χ3n) is 3.89. The molecule has 0 radical (unpaired) electrons. The van der Waals surface area contributed by atoms with Gasteiger partial charge in [-0.1, -0.05) is 12.8 Å². The molecule has 1 amide bonds. The first kappa shape index (κ1) is 14.1. The van der Waals surface area contributed by atoms with Crippen molar-refractivity contribution in [2.75, 3.05) is 6.61 Å². The molecule has 0 spiro atoms. The number of hydrogen-bond acceptors (Lipinski definition) is 3. The van der Waals surface area contributed by atoms with Crippen LogP contribution in [0.3, 0.4) is 0 Å². The van der Waals surface area contributed by atoms with Crippen LogP contribution < -0.4 is 5.32 Å². The monoisotopic (exact) mass is 265 g/mol. The Balaban J connectivity index is 1.91. The molecule has 0 aliphatic heterocycles. The second-order valence-corrected chi connectivity index (χ2v) is 5.49. The number of hydrogen-bond donors (Lipinski definition) is 2. The van der Waals surface area contributed by atoms with Gasteiger partial charge in [-0.3, -0.25) is 9.48 Å². The van der Waals surface area contributed by atoms with Crippen molar-refractivity contribution in [3.8, 4) is 0 Å². The number of aryl methyl sites for hydroxylation is 2. The molecule has 5 nitrogen and oxygen atoms in total. The molecular weight excluding hydrogens is 242 g/mol. The summed E-state index contributed by atoms with van der Waals surface area (Å²) in [6.07, 6.45) is 4.24. The van der Waals surface area contributed by atoms with E-state index in [9.17, 15) is 9.90 Å². The van der Waals surface area contributed by atoms with Crippen molar-refractivity contribution in [1.82, 2.24) is 15.1 Å². The fourth-order valence-electron chi connectivity index (χ4n) is 2.84. The first-order chi connectivity index (χ1) is 9.10. The molecule has 2 atom stereocenters. The van der Waals surface area contributed by atoms with E-state index in [-0.39, 0.29) is 31.0 Å². The van der Waals surface area contributed by atoms with E-state index >= 15 is 0 Å². The van der Waals surface area contributed by atoms with Crippen LogP contribution in [0.5, 0.6) is 0 Å². The zero-order valence-electron chi connectivity index (χ0n) is 11.7. The maximum atomic E-state index is 12.1. The molecule has 106 valence electrons. The molecule has 2 unspecified atom stereocenters. The first-order valence-electron chi connectivity index (χ1n) is 7.01. The average molecular weight is 265 g/mol. The third-order valence-corrected chi connectivity index (χ3v) is 3.89. The van der Waals surface area contributed by atoms with Crippen LogP contribution in [0.15, 0.2) is 6.07 Å². The van der Waals surface area contributed by atoms with Crippen LogP contribution in [0.25, 0.3) is 0 Å². The van der Waals surface area contributed by atoms with E-state index in [1.54, 1.807) is 4.68 Å². The van der Waals surface area contributed by atoms with E-state index in [1.807, 2.05) is 19.9 Å². The van der Waals surface area contributed by atoms with E-state index in [4.69, 9.17) is 0 Å². The van der Waals surface area contributed by atoms with Crippen LogP contribution in [0.2, 0.25) is 0 Å². The largest absolute Gasteiger partial charge is 0.396 e. The zero-order valence-corrected chi connectivity index (χ0v) is 11.7. The lowest BCUT2D eigenvalue weighted by molar-refractivity contribution is -0.123. The summed E-state index contributed by atoms with van der Waals surface area (Å²) in [6, 6.07) is 2.08. The van der Waals surface area contributed by atoms with E-state index in [1.165, 1.54) is 0 Å².